The lowest BCUT2D eigenvalue weighted by Gasteiger charge is -2.30. The highest BCUT2D eigenvalue weighted by Crippen LogP contribution is 2.31. The van der Waals surface area contributed by atoms with Crippen molar-refractivity contribution < 1.29 is 22.8 Å². The third kappa shape index (κ3) is 3.62. The van der Waals surface area contributed by atoms with Gasteiger partial charge in [0.05, 0.1) is 5.56 Å². The first-order chi connectivity index (χ1) is 9.81. The van der Waals surface area contributed by atoms with Gasteiger partial charge in [0.15, 0.2) is 0 Å². The van der Waals surface area contributed by atoms with Crippen LogP contribution >= 0.6 is 0 Å². The standard InChI is InChI=1S/C15H16F3NO2/c1-10-5-12(7-13(6-10)15(16,17)18)14(21)19-4-2-3-11(8-19)9-20/h5-7,9,11H,2-4,8H2,1H3. The minimum absolute atomic E-state index is 0.0221. The molecule has 0 aromatic heterocycles. The molecule has 2 rings (SSSR count). The molecule has 0 aliphatic carbocycles. The number of carbonyl (C=O) groups is 2. The number of aldehydes is 1. The molecule has 0 N–H and O–H groups in total. The van der Waals surface area contributed by atoms with E-state index in [-0.39, 0.29) is 18.0 Å². The summed E-state index contributed by atoms with van der Waals surface area (Å²) in [7, 11) is 0. The van der Waals surface area contributed by atoms with Crippen LogP contribution < -0.4 is 0 Å². The third-order valence-corrected chi connectivity index (χ3v) is 3.59. The molecular weight excluding hydrogens is 283 g/mol. The van der Waals surface area contributed by atoms with Gasteiger partial charge in [-0.2, -0.15) is 13.2 Å². The molecule has 1 fully saturated rings. The number of carbonyl (C=O) groups excluding carboxylic acids is 2. The lowest BCUT2D eigenvalue weighted by atomic mass is 9.98. The summed E-state index contributed by atoms with van der Waals surface area (Å²) in [5.74, 6) is -0.676. The highest BCUT2D eigenvalue weighted by molar-refractivity contribution is 5.95. The molecule has 3 nitrogen and oxygen atoms in total. The van der Waals surface area contributed by atoms with E-state index in [2.05, 4.69) is 0 Å². The number of alkyl halides is 3. The largest absolute Gasteiger partial charge is 0.416 e. The summed E-state index contributed by atoms with van der Waals surface area (Å²) in [5.41, 5.74) is -0.416. The normalized spacial score (nSPS) is 19.4. The van der Waals surface area contributed by atoms with Gasteiger partial charge in [-0.05, 0) is 43.5 Å². The Morgan fingerprint density at radius 1 is 1.33 bits per heavy atom. The molecule has 1 amide bonds. The SMILES string of the molecule is Cc1cc(C(=O)N2CCCC(C=O)C2)cc(C(F)(F)F)c1. The van der Waals surface area contributed by atoms with Gasteiger partial charge in [-0.1, -0.05) is 0 Å². The summed E-state index contributed by atoms with van der Waals surface area (Å²) in [6, 6.07) is 3.34. The lowest BCUT2D eigenvalue weighted by Crippen LogP contribution is -2.40. The highest BCUT2D eigenvalue weighted by atomic mass is 19.4. The zero-order chi connectivity index (χ0) is 15.6. The molecule has 1 aromatic rings. The number of nitrogens with zero attached hydrogens (tertiary/aromatic N) is 1. The molecular formula is C15H16F3NO2. The maximum absolute atomic E-state index is 12.8. The molecule has 1 aromatic carbocycles. The van der Waals surface area contributed by atoms with Crippen molar-refractivity contribution in [1.82, 2.24) is 4.90 Å². The van der Waals surface area contributed by atoms with Gasteiger partial charge in [-0.3, -0.25) is 4.79 Å². The molecule has 1 unspecified atom stereocenters. The van der Waals surface area contributed by atoms with Gasteiger partial charge in [0.25, 0.3) is 5.91 Å². The van der Waals surface area contributed by atoms with Crippen molar-refractivity contribution in [3.63, 3.8) is 0 Å². The summed E-state index contributed by atoms with van der Waals surface area (Å²) < 4.78 is 38.4. The Morgan fingerprint density at radius 2 is 2.05 bits per heavy atom. The fourth-order valence-corrected chi connectivity index (χ4v) is 2.56. The van der Waals surface area contributed by atoms with Crippen LogP contribution in [0.3, 0.4) is 0 Å². The van der Waals surface area contributed by atoms with Crippen molar-refractivity contribution >= 4 is 12.2 Å². The van der Waals surface area contributed by atoms with E-state index in [9.17, 15) is 22.8 Å². The maximum atomic E-state index is 12.8. The van der Waals surface area contributed by atoms with E-state index >= 15 is 0 Å². The Kier molecular flexibility index (Phi) is 4.34. The Morgan fingerprint density at radius 3 is 2.67 bits per heavy atom. The summed E-state index contributed by atoms with van der Waals surface area (Å²) in [6.45, 7) is 2.27. The van der Waals surface area contributed by atoms with Crippen molar-refractivity contribution in [2.75, 3.05) is 13.1 Å². The maximum Gasteiger partial charge on any atom is 0.416 e. The molecule has 0 spiro atoms. The molecule has 114 valence electrons. The van der Waals surface area contributed by atoms with Crippen LogP contribution in [-0.2, 0) is 11.0 Å². The molecule has 1 aliphatic rings. The molecule has 6 heteroatoms. The second-order valence-electron chi connectivity index (χ2n) is 5.38. The van der Waals surface area contributed by atoms with Crippen molar-refractivity contribution in [2.45, 2.75) is 25.9 Å². The second kappa shape index (κ2) is 5.87. The van der Waals surface area contributed by atoms with Gasteiger partial charge in [-0.15, -0.1) is 0 Å². The minimum Gasteiger partial charge on any atom is -0.338 e. The molecule has 21 heavy (non-hydrogen) atoms. The van der Waals surface area contributed by atoms with Crippen LogP contribution in [0, 0.1) is 12.8 Å². The van der Waals surface area contributed by atoms with Crippen LogP contribution in [-0.4, -0.2) is 30.2 Å². The van der Waals surface area contributed by atoms with Crippen molar-refractivity contribution in [3.8, 4) is 0 Å². The van der Waals surface area contributed by atoms with Crippen molar-refractivity contribution in [3.05, 3.63) is 34.9 Å². The molecule has 1 atom stereocenters. The molecule has 0 bridgehead atoms. The molecule has 1 heterocycles. The van der Waals surface area contributed by atoms with E-state index < -0.39 is 17.6 Å². The van der Waals surface area contributed by atoms with Crippen LogP contribution in [0.4, 0.5) is 13.2 Å². The Labute approximate surface area is 120 Å². The van der Waals surface area contributed by atoms with Gasteiger partial charge in [0.1, 0.15) is 6.29 Å². The van der Waals surface area contributed by atoms with Gasteiger partial charge in [0, 0.05) is 24.6 Å². The fourth-order valence-electron chi connectivity index (χ4n) is 2.56. The predicted molar refractivity (Wildman–Crippen MR) is 70.9 cm³/mol. The van der Waals surface area contributed by atoms with Crippen LogP contribution in [0.15, 0.2) is 18.2 Å². The molecule has 0 radical (unpaired) electrons. The smallest absolute Gasteiger partial charge is 0.338 e. The first kappa shape index (κ1) is 15.5. The number of rotatable bonds is 2. The summed E-state index contributed by atoms with van der Waals surface area (Å²) >= 11 is 0. The van der Waals surface area contributed by atoms with Gasteiger partial charge < -0.3 is 9.69 Å². The van der Waals surface area contributed by atoms with Crippen molar-refractivity contribution in [1.29, 1.82) is 0 Å². The predicted octanol–water partition coefficient (Wildman–Crippen LogP) is 3.06. The second-order valence-corrected chi connectivity index (χ2v) is 5.38. The van der Waals surface area contributed by atoms with Crippen LogP contribution in [0.25, 0.3) is 0 Å². The summed E-state index contributed by atoms with van der Waals surface area (Å²) in [5, 5.41) is 0. The van der Waals surface area contributed by atoms with E-state index in [4.69, 9.17) is 0 Å². The minimum atomic E-state index is -4.48. The molecule has 1 aliphatic heterocycles. The zero-order valence-electron chi connectivity index (χ0n) is 11.6. The monoisotopic (exact) mass is 299 g/mol. The number of aryl methyl sites for hydroxylation is 1. The average molecular weight is 299 g/mol. The first-order valence-electron chi connectivity index (χ1n) is 6.74. The molecule has 0 saturated carbocycles. The van der Waals surface area contributed by atoms with Gasteiger partial charge in [-0.25, -0.2) is 0 Å². The third-order valence-electron chi connectivity index (χ3n) is 3.59. The number of benzene rings is 1. The topological polar surface area (TPSA) is 37.4 Å². The summed E-state index contributed by atoms with van der Waals surface area (Å²) in [6.07, 6.45) is -2.27. The quantitative estimate of drug-likeness (QED) is 0.787. The highest BCUT2D eigenvalue weighted by Gasteiger charge is 2.32. The Bertz CT molecular complexity index is 554. The Hall–Kier alpha value is -1.85. The van der Waals surface area contributed by atoms with E-state index in [1.54, 1.807) is 0 Å². The van der Waals surface area contributed by atoms with Crippen LogP contribution in [0.2, 0.25) is 0 Å². The van der Waals surface area contributed by atoms with E-state index in [1.165, 1.54) is 17.9 Å². The zero-order valence-corrected chi connectivity index (χ0v) is 11.6. The molecule has 1 saturated heterocycles. The number of piperidine rings is 1. The lowest BCUT2D eigenvalue weighted by molar-refractivity contribution is -0.137. The van der Waals surface area contributed by atoms with Gasteiger partial charge >= 0.3 is 6.18 Å². The van der Waals surface area contributed by atoms with Crippen molar-refractivity contribution in [2.24, 2.45) is 5.92 Å². The fraction of sp³-hybridized carbons (Fsp3) is 0.467. The first-order valence-corrected chi connectivity index (χ1v) is 6.74. The van der Waals surface area contributed by atoms with Gasteiger partial charge in [0.2, 0.25) is 0 Å². The number of amides is 1. The van der Waals surface area contributed by atoms with Crippen LogP contribution in [0.1, 0.15) is 34.3 Å². The number of likely N-dealkylation sites (tertiary alicyclic amines) is 1. The average Bonchev–Trinajstić information content (AvgIpc) is 2.45. The number of halogens is 3. The van der Waals surface area contributed by atoms with Crippen LogP contribution in [0.5, 0.6) is 0 Å². The number of hydrogen-bond donors (Lipinski definition) is 0. The van der Waals surface area contributed by atoms with E-state index in [0.717, 1.165) is 24.8 Å². The summed E-state index contributed by atoms with van der Waals surface area (Å²) in [4.78, 5) is 24.6. The van der Waals surface area contributed by atoms with E-state index in [0.29, 0.717) is 18.5 Å². The van der Waals surface area contributed by atoms with E-state index in [1.807, 2.05) is 0 Å². The Balaban J connectivity index is 2.26. The number of hydrogen-bond acceptors (Lipinski definition) is 2.